The number of nitrogens with one attached hydrogen (secondary N) is 1. The Kier molecular flexibility index (Phi) is 8.82. The van der Waals surface area contributed by atoms with Gasteiger partial charge in [-0.25, -0.2) is 8.70 Å². The maximum Gasteiger partial charge on any atom is 0.304 e. The van der Waals surface area contributed by atoms with Crippen molar-refractivity contribution in [1.29, 1.82) is 0 Å². The van der Waals surface area contributed by atoms with E-state index in [0.29, 0.717) is 13.0 Å². The molecular formula is C22H30FN3O4S. The number of hydrogen-bond acceptors (Lipinski definition) is 4. The van der Waals surface area contributed by atoms with E-state index in [1.165, 1.54) is 26.2 Å². The second-order valence-electron chi connectivity index (χ2n) is 7.54. The van der Waals surface area contributed by atoms with Crippen molar-refractivity contribution in [2.75, 3.05) is 31.5 Å². The summed E-state index contributed by atoms with van der Waals surface area (Å²) in [7, 11) is -1.16. The average molecular weight is 452 g/mol. The summed E-state index contributed by atoms with van der Waals surface area (Å²) >= 11 is 0. The van der Waals surface area contributed by atoms with Crippen LogP contribution in [0.15, 0.2) is 48.5 Å². The maximum atomic E-state index is 13.2. The van der Waals surface area contributed by atoms with Gasteiger partial charge >= 0.3 is 10.2 Å². The molecule has 2 aromatic rings. The van der Waals surface area contributed by atoms with Crippen LogP contribution in [0.1, 0.15) is 25.8 Å². The topological polar surface area (TPSA) is 79.0 Å². The molecule has 2 aromatic carbocycles. The van der Waals surface area contributed by atoms with Gasteiger partial charge in [-0.3, -0.25) is 4.79 Å². The molecule has 0 saturated carbocycles. The Labute approximate surface area is 184 Å². The first kappa shape index (κ1) is 24.6. The molecule has 1 N–H and O–H groups in total. The first-order chi connectivity index (χ1) is 14.6. The lowest BCUT2D eigenvalue weighted by Crippen LogP contribution is -2.46. The molecule has 0 bridgehead atoms. The van der Waals surface area contributed by atoms with Crippen molar-refractivity contribution in [3.8, 4) is 5.75 Å². The zero-order chi connectivity index (χ0) is 23.0. The summed E-state index contributed by atoms with van der Waals surface area (Å²) in [5.41, 5.74) is 1.34. The molecule has 170 valence electrons. The minimum absolute atomic E-state index is 0.117. The first-order valence-corrected chi connectivity index (χ1v) is 11.5. The van der Waals surface area contributed by atoms with Crippen molar-refractivity contribution in [2.45, 2.75) is 32.8 Å². The molecule has 0 saturated heterocycles. The highest BCUT2D eigenvalue weighted by molar-refractivity contribution is 7.90. The van der Waals surface area contributed by atoms with Gasteiger partial charge in [0.25, 0.3) is 0 Å². The fourth-order valence-corrected chi connectivity index (χ4v) is 3.89. The highest BCUT2D eigenvalue weighted by Crippen LogP contribution is 2.19. The molecule has 31 heavy (non-hydrogen) atoms. The Morgan fingerprint density at radius 2 is 1.68 bits per heavy atom. The molecule has 7 nitrogen and oxygen atoms in total. The molecule has 1 amide bonds. The Morgan fingerprint density at radius 1 is 1.06 bits per heavy atom. The summed E-state index contributed by atoms with van der Waals surface area (Å²) in [6.45, 7) is 3.95. The van der Waals surface area contributed by atoms with E-state index in [2.05, 4.69) is 5.32 Å². The van der Waals surface area contributed by atoms with Gasteiger partial charge in [0, 0.05) is 20.6 Å². The van der Waals surface area contributed by atoms with Crippen LogP contribution in [0.4, 0.5) is 10.1 Å². The van der Waals surface area contributed by atoms with Crippen LogP contribution in [0.3, 0.4) is 0 Å². The van der Waals surface area contributed by atoms with E-state index in [1.807, 2.05) is 38.1 Å². The molecule has 0 spiro atoms. The van der Waals surface area contributed by atoms with Crippen LogP contribution in [0.25, 0.3) is 0 Å². The summed E-state index contributed by atoms with van der Waals surface area (Å²) in [4.78, 5) is 12.4. The highest BCUT2D eigenvalue weighted by Gasteiger charge is 2.27. The average Bonchev–Trinajstić information content (AvgIpc) is 2.71. The summed E-state index contributed by atoms with van der Waals surface area (Å²) in [5.74, 6) is -0.107. The third-order valence-corrected chi connectivity index (χ3v) is 6.22. The van der Waals surface area contributed by atoms with E-state index in [0.717, 1.165) is 38.5 Å². The van der Waals surface area contributed by atoms with E-state index in [-0.39, 0.29) is 11.8 Å². The van der Waals surface area contributed by atoms with Gasteiger partial charge in [-0.1, -0.05) is 12.1 Å². The number of carbonyl (C=O) groups excluding carboxylic acids is 1. The van der Waals surface area contributed by atoms with Crippen molar-refractivity contribution in [3.05, 3.63) is 59.9 Å². The predicted molar refractivity (Wildman–Crippen MR) is 120 cm³/mol. The lowest BCUT2D eigenvalue weighted by molar-refractivity contribution is -0.119. The molecule has 0 radical (unpaired) electrons. The van der Waals surface area contributed by atoms with Crippen LogP contribution in [0.2, 0.25) is 0 Å². The lowest BCUT2D eigenvalue weighted by atomic mass is 10.1. The van der Waals surface area contributed by atoms with Crippen LogP contribution in [-0.4, -0.2) is 51.9 Å². The van der Waals surface area contributed by atoms with Crippen molar-refractivity contribution < 1.29 is 22.3 Å². The van der Waals surface area contributed by atoms with Gasteiger partial charge in [0.1, 0.15) is 18.1 Å². The Balaban J connectivity index is 1.90. The summed E-state index contributed by atoms with van der Waals surface area (Å²) in [5, 5.41) is 2.75. The number of amides is 1. The van der Waals surface area contributed by atoms with E-state index in [1.54, 1.807) is 0 Å². The number of rotatable bonds is 11. The summed E-state index contributed by atoms with van der Waals surface area (Å²) < 4.78 is 46.1. The monoisotopic (exact) mass is 451 g/mol. The molecule has 2 rings (SSSR count). The molecular weight excluding hydrogens is 421 g/mol. The van der Waals surface area contributed by atoms with Crippen LogP contribution < -0.4 is 14.4 Å². The molecule has 9 heteroatoms. The van der Waals surface area contributed by atoms with Gasteiger partial charge in [-0.15, -0.1) is 0 Å². The number of hydrogen-bond donors (Lipinski definition) is 1. The quantitative estimate of drug-likeness (QED) is 0.533. The number of carbonyl (C=O) groups is 1. The van der Waals surface area contributed by atoms with Crippen LogP contribution in [0.5, 0.6) is 5.75 Å². The maximum absolute atomic E-state index is 13.2. The van der Waals surface area contributed by atoms with E-state index in [9.17, 15) is 17.6 Å². The number of anilines is 1. The fourth-order valence-electron chi connectivity index (χ4n) is 2.82. The molecule has 0 heterocycles. The van der Waals surface area contributed by atoms with E-state index < -0.39 is 28.5 Å². The predicted octanol–water partition coefficient (Wildman–Crippen LogP) is 2.97. The number of aryl methyl sites for hydroxylation is 1. The molecule has 0 aliphatic rings. The minimum Gasteiger partial charge on any atom is -0.491 e. The van der Waals surface area contributed by atoms with E-state index in [4.69, 9.17) is 4.74 Å². The number of halogens is 1. The van der Waals surface area contributed by atoms with Crippen molar-refractivity contribution in [1.82, 2.24) is 9.62 Å². The van der Waals surface area contributed by atoms with Gasteiger partial charge in [-0.2, -0.15) is 12.7 Å². The SMILES string of the molecule is CC(C)Oc1ccc(CCCNC(=O)CN(c2ccc(F)cc2)S(=O)(=O)N(C)C)cc1. The first-order valence-electron chi connectivity index (χ1n) is 10.1. The second kappa shape index (κ2) is 11.1. The zero-order valence-corrected chi connectivity index (χ0v) is 19.2. The number of nitrogens with zero attached hydrogens (tertiary/aromatic N) is 2. The zero-order valence-electron chi connectivity index (χ0n) is 18.3. The van der Waals surface area contributed by atoms with Gasteiger partial charge < -0.3 is 10.1 Å². The molecule has 0 atom stereocenters. The third kappa shape index (κ3) is 7.52. The Bertz CT molecular complexity index is 946. The highest BCUT2D eigenvalue weighted by atomic mass is 32.2. The molecule has 0 aliphatic heterocycles. The van der Waals surface area contributed by atoms with Crippen LogP contribution in [0, 0.1) is 5.82 Å². The van der Waals surface area contributed by atoms with Gasteiger partial charge in [0.15, 0.2) is 0 Å². The van der Waals surface area contributed by atoms with Gasteiger partial charge in [0.2, 0.25) is 5.91 Å². The third-order valence-electron chi connectivity index (χ3n) is 4.40. The summed E-state index contributed by atoms with van der Waals surface area (Å²) in [6.07, 6.45) is 1.58. The molecule has 0 fully saturated rings. The Morgan fingerprint density at radius 3 is 2.23 bits per heavy atom. The van der Waals surface area contributed by atoms with Crippen LogP contribution >= 0.6 is 0 Å². The van der Waals surface area contributed by atoms with Crippen molar-refractivity contribution in [2.24, 2.45) is 0 Å². The molecule has 0 unspecified atom stereocenters. The molecule has 0 aliphatic carbocycles. The van der Waals surface area contributed by atoms with Gasteiger partial charge in [-0.05, 0) is 68.7 Å². The lowest BCUT2D eigenvalue weighted by Gasteiger charge is -2.26. The fraction of sp³-hybridized carbons (Fsp3) is 0.409. The Hall–Kier alpha value is -2.65. The smallest absolute Gasteiger partial charge is 0.304 e. The number of ether oxygens (including phenoxy) is 1. The summed E-state index contributed by atoms with van der Waals surface area (Å²) in [6, 6.07) is 12.8. The number of benzene rings is 2. The standard InChI is InChI=1S/C22H30FN3O4S/c1-17(2)30-21-13-7-18(8-14-21)6-5-15-24-22(27)16-26(31(28,29)25(3)4)20-11-9-19(23)10-12-20/h7-14,17H,5-6,15-16H2,1-4H3,(H,24,27). The van der Waals surface area contributed by atoms with Crippen molar-refractivity contribution >= 4 is 21.8 Å². The van der Waals surface area contributed by atoms with Crippen molar-refractivity contribution in [3.63, 3.8) is 0 Å². The van der Waals surface area contributed by atoms with E-state index >= 15 is 0 Å². The second-order valence-corrected chi connectivity index (χ2v) is 9.60. The van der Waals surface area contributed by atoms with Gasteiger partial charge in [0.05, 0.1) is 11.8 Å². The minimum atomic E-state index is -3.91. The van der Waals surface area contributed by atoms with Crippen LogP contribution in [-0.2, 0) is 21.4 Å². The largest absolute Gasteiger partial charge is 0.491 e. The molecule has 0 aromatic heterocycles. The normalized spacial score (nSPS) is 11.6.